The fourth-order valence-electron chi connectivity index (χ4n) is 16.1. The molecule has 8 aliphatic rings. The summed E-state index contributed by atoms with van der Waals surface area (Å²) in [6.45, 7) is 14.3. The number of ether oxygens (including phenoxy) is 8. The van der Waals surface area contributed by atoms with Gasteiger partial charge in [-0.3, -0.25) is 4.79 Å². The van der Waals surface area contributed by atoms with Crippen LogP contribution in [-0.4, -0.2) is 227 Å². The number of fused-ring (bicyclic) bond motifs is 7. The van der Waals surface area contributed by atoms with Crippen molar-refractivity contribution in [2.45, 2.75) is 224 Å². The van der Waals surface area contributed by atoms with Crippen LogP contribution in [0.4, 0.5) is 0 Å². The van der Waals surface area contributed by atoms with E-state index >= 15 is 0 Å². The van der Waals surface area contributed by atoms with Crippen molar-refractivity contribution in [3.05, 3.63) is 23.3 Å². The van der Waals surface area contributed by atoms with Crippen LogP contribution in [0.5, 0.6) is 0 Å². The molecule has 27 atom stereocenters. The summed E-state index contributed by atoms with van der Waals surface area (Å²) < 4.78 is 47.7. The summed E-state index contributed by atoms with van der Waals surface area (Å²) in [6.07, 6.45) is -26.8. The van der Waals surface area contributed by atoms with Crippen LogP contribution in [-0.2, 0) is 52.3 Å². The number of hydrogen-bond donors (Lipinski definition) is 13. The first-order chi connectivity index (χ1) is 36.9. The molecule has 4 saturated carbocycles. The van der Waals surface area contributed by atoms with Crippen molar-refractivity contribution >= 4 is 17.9 Å². The Morgan fingerprint density at radius 2 is 1.28 bits per heavy atom. The van der Waals surface area contributed by atoms with Crippen molar-refractivity contribution in [1.82, 2.24) is 0 Å². The number of carboxylic acid groups (broad SMARTS) is 1. The monoisotopic (exact) mass is 1130 g/mol. The van der Waals surface area contributed by atoms with Crippen molar-refractivity contribution in [2.75, 3.05) is 26.4 Å². The van der Waals surface area contributed by atoms with Gasteiger partial charge in [-0.2, -0.15) is 0 Å². The first-order valence-electron chi connectivity index (χ1n) is 27.7. The van der Waals surface area contributed by atoms with Crippen LogP contribution < -0.4 is 0 Å². The van der Waals surface area contributed by atoms with E-state index in [1.807, 2.05) is 20.8 Å². The average Bonchev–Trinajstić information content (AvgIpc) is 3.39. The number of hydrogen-bond acceptors (Lipinski definition) is 23. The Bertz CT molecular complexity index is 2290. The maximum Gasteiger partial charge on any atom is 0.335 e. The van der Waals surface area contributed by atoms with Crippen molar-refractivity contribution in [3.63, 3.8) is 0 Å². The van der Waals surface area contributed by atoms with Crippen molar-refractivity contribution in [3.8, 4) is 0 Å². The lowest BCUT2D eigenvalue weighted by atomic mass is 9.33. The van der Waals surface area contributed by atoms with E-state index in [0.717, 1.165) is 5.57 Å². The Morgan fingerprint density at radius 1 is 0.696 bits per heavy atom. The Hall–Kier alpha value is -2.83. The van der Waals surface area contributed by atoms with Gasteiger partial charge < -0.3 is 104 Å². The summed E-state index contributed by atoms with van der Waals surface area (Å²) in [7, 11) is 0. The maximum atomic E-state index is 13.3. The molecule has 79 heavy (non-hydrogen) atoms. The Morgan fingerprint density at radius 3 is 1.81 bits per heavy atom. The standard InChI is InChI=1S/C55H86O24/c1-10-23(2)46(71)79-44-43(68)55(22-72-24(3)59)26(17-50(44,4)5)25-11-12-30-51(6)15-14-32(52(7,21-58)29(51)13-16-53(30,8)54(25,9)18-31(55)60)75-49-41(77-48-38(66)36(64)34(62)28(20-57)74-48)39(67)40(42(78-49)45(69)70)76-47-37(65)35(63)33(61)27(19-56)73-47/h10-11,26-44,47-49,56-58,60-68H,12-22H2,1-9H3,(H,69,70)/b23-10+/t26-,27+,28+,29+,30+,31+,32-,33+,34+,35-,36-,37+,38+,39-,40-,41+,42-,43-,44-,47-,48-,49+,51-,52+,53+,54+,55-/m0/s1. The molecule has 0 bridgehead atoms. The molecule has 0 unspecified atom stereocenters. The molecule has 3 heterocycles. The molecule has 24 nitrogen and oxygen atoms in total. The molecular formula is C55H86O24. The molecule has 8 rings (SSSR count). The highest BCUT2D eigenvalue weighted by Gasteiger charge is 2.74. The summed E-state index contributed by atoms with van der Waals surface area (Å²) in [5.41, 5.74) is -3.78. The summed E-state index contributed by atoms with van der Waals surface area (Å²) in [5.74, 6) is -3.82. The van der Waals surface area contributed by atoms with Crippen LogP contribution in [0.15, 0.2) is 23.3 Å². The smallest absolute Gasteiger partial charge is 0.335 e. The zero-order chi connectivity index (χ0) is 58.4. The number of carboxylic acids is 1. The molecule has 13 N–H and O–H groups in total. The van der Waals surface area contributed by atoms with Crippen molar-refractivity contribution < 1.29 is 119 Å². The Labute approximate surface area is 459 Å². The highest BCUT2D eigenvalue weighted by atomic mass is 16.8. The van der Waals surface area contributed by atoms with E-state index in [-0.39, 0.29) is 31.3 Å². The Balaban J connectivity index is 1.11. The normalized spacial score (nSPS) is 50.6. The van der Waals surface area contributed by atoms with E-state index in [1.165, 1.54) is 6.92 Å². The summed E-state index contributed by atoms with van der Waals surface area (Å²) in [4.78, 5) is 39.0. The molecule has 3 aliphatic heterocycles. The predicted molar refractivity (Wildman–Crippen MR) is 269 cm³/mol. The minimum absolute atomic E-state index is 0.0849. The van der Waals surface area contributed by atoms with E-state index in [9.17, 15) is 80.8 Å². The SMILES string of the molecule is C/C=C(\C)C(=O)O[C@H]1[C@H](O)[C@]2(COC(C)=O)[C@H](O)C[C@]3(C)C(=CC[C@@H]4[C@@]5(C)CC[C@H](O[C@@H]6O[C@H](C(=O)O)[C@@H](O[C@@H]7O[C@H](CO)[C@@H](O)[C@H](O)[C@H]7O)[C@H](O)[C@H]6O[C@@H]6O[C@H](CO)[C@@H](O)[C@H](O)[C@H]6O)[C@](C)(CO)[C@@H]5CC[C@]43C)[C@@H]2CC1(C)C. The minimum Gasteiger partial charge on any atom is -0.479 e. The topological polar surface area (TPSA) is 388 Å². The van der Waals surface area contributed by atoms with Crippen LogP contribution in [0.1, 0.15) is 107 Å². The molecule has 0 radical (unpaired) electrons. The fourth-order valence-corrected chi connectivity index (χ4v) is 16.1. The molecule has 7 fully saturated rings. The van der Waals surface area contributed by atoms with Gasteiger partial charge in [0.25, 0.3) is 0 Å². The first kappa shape index (κ1) is 62.2. The second-order valence-electron chi connectivity index (χ2n) is 25.6. The van der Waals surface area contributed by atoms with Gasteiger partial charge in [0.2, 0.25) is 0 Å². The zero-order valence-electron chi connectivity index (χ0n) is 46.4. The lowest BCUT2D eigenvalue weighted by Gasteiger charge is -2.72. The van der Waals surface area contributed by atoms with Crippen LogP contribution in [0.3, 0.4) is 0 Å². The van der Waals surface area contributed by atoms with Crippen LogP contribution in [0.2, 0.25) is 0 Å². The lowest BCUT2D eigenvalue weighted by molar-refractivity contribution is -0.392. The number of aliphatic hydroxyl groups is 12. The number of rotatable bonds is 14. The van der Waals surface area contributed by atoms with Crippen molar-refractivity contribution in [2.24, 2.45) is 50.2 Å². The highest BCUT2D eigenvalue weighted by Crippen LogP contribution is 2.76. The number of aliphatic carboxylic acids is 1. The van der Waals surface area contributed by atoms with Gasteiger partial charge in [-0.15, -0.1) is 0 Å². The summed E-state index contributed by atoms with van der Waals surface area (Å²) in [5, 5.41) is 144. The van der Waals surface area contributed by atoms with Gasteiger partial charge in [-0.05, 0) is 92.8 Å². The van der Waals surface area contributed by atoms with E-state index in [1.54, 1.807) is 19.9 Å². The molecule has 24 heteroatoms. The number of aliphatic hydroxyl groups excluding tert-OH is 12. The van der Waals surface area contributed by atoms with Gasteiger partial charge in [-0.25, -0.2) is 9.59 Å². The lowest BCUT2D eigenvalue weighted by Crippen LogP contribution is -2.72. The van der Waals surface area contributed by atoms with Gasteiger partial charge in [0.1, 0.15) is 86.0 Å². The number of esters is 2. The van der Waals surface area contributed by atoms with Crippen molar-refractivity contribution in [1.29, 1.82) is 0 Å². The molecule has 0 aromatic rings. The largest absolute Gasteiger partial charge is 0.479 e. The molecule has 450 valence electrons. The second-order valence-corrected chi connectivity index (χ2v) is 25.6. The third-order valence-electron chi connectivity index (χ3n) is 21.0. The molecule has 0 spiro atoms. The van der Waals surface area contributed by atoms with Gasteiger partial charge in [0.05, 0.1) is 37.4 Å². The minimum atomic E-state index is -2.18. The first-order valence-corrected chi connectivity index (χ1v) is 27.7. The average molecular weight is 1130 g/mol. The number of carbonyl (C=O) groups excluding carboxylic acids is 2. The van der Waals surface area contributed by atoms with E-state index in [0.29, 0.717) is 37.7 Å². The second kappa shape index (κ2) is 22.6. The maximum absolute atomic E-state index is 13.3. The third kappa shape index (κ3) is 10.0. The van der Waals surface area contributed by atoms with Gasteiger partial charge in [-0.1, -0.05) is 59.3 Å². The molecule has 0 aromatic heterocycles. The zero-order valence-corrected chi connectivity index (χ0v) is 46.4. The number of carbonyl (C=O) groups is 3. The van der Waals surface area contributed by atoms with Gasteiger partial charge in [0, 0.05) is 23.3 Å². The predicted octanol–water partition coefficient (Wildman–Crippen LogP) is -1.32. The van der Waals surface area contributed by atoms with Crippen LogP contribution >= 0.6 is 0 Å². The molecule has 0 amide bonds. The molecule has 0 aromatic carbocycles. The Kier molecular flexibility index (Phi) is 17.8. The van der Waals surface area contributed by atoms with E-state index < -0.39 is 193 Å². The third-order valence-corrected chi connectivity index (χ3v) is 21.0. The summed E-state index contributed by atoms with van der Waals surface area (Å²) >= 11 is 0. The molecule has 3 saturated heterocycles. The fraction of sp³-hybridized carbons (Fsp3) is 0.873. The molecule has 5 aliphatic carbocycles. The van der Waals surface area contributed by atoms with Gasteiger partial charge in [0.15, 0.2) is 25.0 Å². The number of allylic oxidation sites excluding steroid dienone is 3. The highest BCUT2D eigenvalue weighted by molar-refractivity contribution is 5.87. The van der Waals surface area contributed by atoms with E-state index in [2.05, 4.69) is 26.8 Å². The summed E-state index contributed by atoms with van der Waals surface area (Å²) in [6, 6.07) is 0. The quantitative estimate of drug-likeness (QED) is 0.0415. The van der Waals surface area contributed by atoms with E-state index in [4.69, 9.17) is 37.9 Å². The van der Waals surface area contributed by atoms with Crippen LogP contribution in [0, 0.1) is 50.2 Å². The van der Waals surface area contributed by atoms with Crippen LogP contribution in [0.25, 0.3) is 0 Å². The molecular weight excluding hydrogens is 1040 g/mol. The van der Waals surface area contributed by atoms with Gasteiger partial charge >= 0.3 is 17.9 Å².